The van der Waals surface area contributed by atoms with Crippen LogP contribution in [0.25, 0.3) is 0 Å². The van der Waals surface area contributed by atoms with E-state index in [-0.39, 0.29) is 18.6 Å². The lowest BCUT2D eigenvalue weighted by Crippen LogP contribution is -2.54. The second-order valence-electron chi connectivity index (χ2n) is 8.35. The Balaban J connectivity index is 1.96. The Hall–Kier alpha value is -2.90. The number of ketones is 1. The third kappa shape index (κ3) is 8.78. The van der Waals surface area contributed by atoms with Crippen molar-refractivity contribution >= 4 is 23.7 Å². The average Bonchev–Trinajstić information content (AvgIpc) is 3.55. The molecule has 0 unspecified atom stereocenters. The monoisotopic (exact) mass is 431 g/mol. The van der Waals surface area contributed by atoms with Gasteiger partial charge in [0, 0.05) is 6.04 Å². The van der Waals surface area contributed by atoms with Crippen LogP contribution in [0.5, 0.6) is 0 Å². The van der Waals surface area contributed by atoms with E-state index >= 15 is 0 Å². The zero-order valence-corrected chi connectivity index (χ0v) is 18.5. The normalized spacial score (nSPS) is 15.0. The van der Waals surface area contributed by atoms with E-state index in [2.05, 4.69) is 16.0 Å². The second kappa shape index (κ2) is 12.1. The van der Waals surface area contributed by atoms with E-state index < -0.39 is 35.8 Å². The van der Waals surface area contributed by atoms with Gasteiger partial charge in [-0.15, -0.1) is 0 Å². The number of hydrogen-bond acceptors (Lipinski definition) is 5. The van der Waals surface area contributed by atoms with Gasteiger partial charge in [0.25, 0.3) is 5.91 Å². The van der Waals surface area contributed by atoms with Crippen LogP contribution >= 0.6 is 0 Å². The molecule has 1 aliphatic rings. The molecule has 1 aliphatic carbocycles. The minimum absolute atomic E-state index is 0.0594. The molecule has 1 fully saturated rings. The summed E-state index contributed by atoms with van der Waals surface area (Å²) >= 11 is 0. The van der Waals surface area contributed by atoms with Crippen LogP contribution in [-0.2, 0) is 25.7 Å². The summed E-state index contributed by atoms with van der Waals surface area (Å²) in [7, 11) is 0. The summed E-state index contributed by atoms with van der Waals surface area (Å²) in [6.45, 7) is 5.81. The first kappa shape index (κ1) is 24.4. The third-order valence-electron chi connectivity index (χ3n) is 4.88. The summed E-state index contributed by atoms with van der Waals surface area (Å²) in [4.78, 5) is 49.8. The lowest BCUT2D eigenvalue weighted by molar-refractivity contribution is -0.140. The molecule has 3 amide bonds. The van der Waals surface area contributed by atoms with Crippen molar-refractivity contribution in [2.24, 2.45) is 5.92 Å². The molecule has 1 aromatic rings. The zero-order valence-electron chi connectivity index (χ0n) is 18.5. The summed E-state index contributed by atoms with van der Waals surface area (Å²) < 4.78 is 5.22. The summed E-state index contributed by atoms with van der Waals surface area (Å²) in [5.41, 5.74) is 0.831. The van der Waals surface area contributed by atoms with Gasteiger partial charge in [-0.1, -0.05) is 57.5 Å². The number of hydrogen-bond donors (Lipinski definition) is 3. The number of benzene rings is 1. The number of carbonyl (C=O) groups is 4. The van der Waals surface area contributed by atoms with Gasteiger partial charge in [0.1, 0.15) is 12.6 Å². The molecule has 0 heterocycles. The molecule has 0 bridgehead atoms. The summed E-state index contributed by atoms with van der Waals surface area (Å²) in [5.74, 6) is -1.71. The Kier molecular flexibility index (Phi) is 9.49. The van der Waals surface area contributed by atoms with E-state index in [0.717, 1.165) is 18.4 Å². The fourth-order valence-corrected chi connectivity index (χ4v) is 3.08. The Bertz CT molecular complexity index is 762. The number of rotatable bonds is 12. The highest BCUT2D eigenvalue weighted by molar-refractivity contribution is 6.38. The topological polar surface area (TPSA) is 114 Å². The van der Waals surface area contributed by atoms with Crippen molar-refractivity contribution in [1.82, 2.24) is 16.0 Å². The van der Waals surface area contributed by atoms with Gasteiger partial charge in [0.15, 0.2) is 0 Å². The van der Waals surface area contributed by atoms with Gasteiger partial charge in [-0.25, -0.2) is 4.79 Å². The molecule has 0 radical (unpaired) electrons. The van der Waals surface area contributed by atoms with Crippen molar-refractivity contribution in [3.8, 4) is 0 Å². The van der Waals surface area contributed by atoms with Crippen molar-refractivity contribution in [1.29, 1.82) is 0 Å². The van der Waals surface area contributed by atoms with Crippen LogP contribution in [0.3, 0.4) is 0 Å². The Morgan fingerprint density at radius 2 is 1.71 bits per heavy atom. The first-order chi connectivity index (χ1) is 14.8. The van der Waals surface area contributed by atoms with E-state index in [1.54, 1.807) is 0 Å². The van der Waals surface area contributed by atoms with Gasteiger partial charge in [-0.2, -0.15) is 0 Å². The summed E-state index contributed by atoms with van der Waals surface area (Å²) in [5, 5.41) is 7.91. The van der Waals surface area contributed by atoms with Crippen LogP contribution in [0.1, 0.15) is 58.4 Å². The van der Waals surface area contributed by atoms with Crippen molar-refractivity contribution in [3.63, 3.8) is 0 Å². The largest absolute Gasteiger partial charge is 0.445 e. The van der Waals surface area contributed by atoms with E-state index in [4.69, 9.17) is 4.74 Å². The van der Waals surface area contributed by atoms with Crippen LogP contribution in [0.2, 0.25) is 0 Å². The molecular formula is C23H33N3O5. The summed E-state index contributed by atoms with van der Waals surface area (Å²) in [6.07, 6.45) is 2.36. The fraction of sp³-hybridized carbons (Fsp3) is 0.565. The molecule has 3 N–H and O–H groups in total. The molecule has 0 aliphatic heterocycles. The van der Waals surface area contributed by atoms with Gasteiger partial charge >= 0.3 is 6.09 Å². The quantitative estimate of drug-likeness (QED) is 0.440. The highest BCUT2D eigenvalue weighted by atomic mass is 16.5. The number of alkyl carbamates (subject to hydrolysis) is 1. The third-order valence-corrected chi connectivity index (χ3v) is 4.88. The molecule has 2 atom stereocenters. The molecule has 8 nitrogen and oxygen atoms in total. The van der Waals surface area contributed by atoms with Crippen LogP contribution in [0.15, 0.2) is 30.3 Å². The highest BCUT2D eigenvalue weighted by Crippen LogP contribution is 2.18. The molecule has 170 valence electrons. The first-order valence-corrected chi connectivity index (χ1v) is 10.9. The van der Waals surface area contributed by atoms with Gasteiger partial charge in [-0.3, -0.25) is 14.4 Å². The number of nitrogens with one attached hydrogen (secondary N) is 3. The van der Waals surface area contributed by atoms with Crippen molar-refractivity contribution in [2.45, 2.75) is 77.6 Å². The molecule has 31 heavy (non-hydrogen) atoms. The minimum Gasteiger partial charge on any atom is -0.445 e. The Morgan fingerprint density at radius 1 is 1.03 bits per heavy atom. The van der Waals surface area contributed by atoms with E-state index in [9.17, 15) is 19.2 Å². The van der Waals surface area contributed by atoms with Crippen LogP contribution < -0.4 is 16.0 Å². The van der Waals surface area contributed by atoms with Gasteiger partial charge < -0.3 is 20.7 Å². The van der Waals surface area contributed by atoms with Crippen LogP contribution in [0, 0.1) is 5.92 Å². The van der Waals surface area contributed by atoms with Crippen molar-refractivity contribution < 1.29 is 23.9 Å². The standard InChI is InChI=1S/C23H33N3O5/c1-4-8-18(20(27)22(29)24-17-11-12-17)25-21(28)19(13-15(2)3)26-23(30)31-14-16-9-6-5-7-10-16/h5-7,9-10,15,17-19H,4,8,11-14H2,1-3H3,(H,24,29)(H,25,28)(H,26,30)/t18-,19-/m0/s1. The van der Waals surface area contributed by atoms with Gasteiger partial charge in [0.05, 0.1) is 6.04 Å². The maximum absolute atomic E-state index is 12.9. The molecule has 0 saturated heterocycles. The number of ether oxygens (including phenoxy) is 1. The lowest BCUT2D eigenvalue weighted by atomic mass is 10.0. The number of carbonyl (C=O) groups excluding carboxylic acids is 4. The van der Waals surface area contributed by atoms with Gasteiger partial charge in [0.2, 0.25) is 11.7 Å². The zero-order chi connectivity index (χ0) is 22.8. The summed E-state index contributed by atoms with van der Waals surface area (Å²) in [6, 6.07) is 7.48. The Morgan fingerprint density at radius 3 is 2.29 bits per heavy atom. The first-order valence-electron chi connectivity index (χ1n) is 10.9. The second-order valence-corrected chi connectivity index (χ2v) is 8.35. The minimum atomic E-state index is -0.923. The van der Waals surface area contributed by atoms with Crippen molar-refractivity contribution in [3.05, 3.63) is 35.9 Å². The predicted octanol–water partition coefficient (Wildman–Crippen LogP) is 2.46. The number of Topliss-reactive ketones (excluding diaryl/α,β-unsaturated/α-hetero) is 1. The molecule has 1 saturated carbocycles. The van der Waals surface area contributed by atoms with Crippen molar-refractivity contribution in [2.75, 3.05) is 0 Å². The van der Waals surface area contributed by atoms with Crippen LogP contribution in [0.4, 0.5) is 4.79 Å². The molecule has 0 spiro atoms. The van der Waals surface area contributed by atoms with E-state index in [0.29, 0.717) is 19.3 Å². The molecule has 2 rings (SSSR count). The van der Waals surface area contributed by atoms with E-state index in [1.165, 1.54) is 0 Å². The van der Waals surface area contributed by atoms with Gasteiger partial charge in [-0.05, 0) is 37.2 Å². The smallest absolute Gasteiger partial charge is 0.408 e. The lowest BCUT2D eigenvalue weighted by Gasteiger charge is -2.23. The predicted molar refractivity (Wildman–Crippen MR) is 116 cm³/mol. The average molecular weight is 432 g/mol. The maximum atomic E-state index is 12.9. The van der Waals surface area contributed by atoms with Crippen LogP contribution in [-0.4, -0.2) is 41.8 Å². The molecule has 8 heteroatoms. The Labute approximate surface area is 183 Å². The van der Waals surface area contributed by atoms with E-state index in [1.807, 2.05) is 51.1 Å². The number of amides is 3. The maximum Gasteiger partial charge on any atom is 0.408 e. The fourth-order valence-electron chi connectivity index (χ4n) is 3.08. The highest BCUT2D eigenvalue weighted by Gasteiger charge is 2.33. The SMILES string of the molecule is CCC[C@H](NC(=O)[C@H](CC(C)C)NC(=O)OCc1ccccc1)C(=O)C(=O)NC1CC1. The molecule has 0 aromatic heterocycles. The molecular weight excluding hydrogens is 398 g/mol. The molecule has 1 aromatic carbocycles.